The van der Waals surface area contributed by atoms with Crippen LogP contribution < -0.4 is 10.1 Å². The average Bonchev–Trinajstić information content (AvgIpc) is 3.12. The van der Waals surface area contributed by atoms with Crippen LogP contribution in [0, 0.1) is 12.3 Å². The average molecular weight is 418 g/mol. The van der Waals surface area contributed by atoms with Gasteiger partial charge in [0.25, 0.3) is 0 Å². The van der Waals surface area contributed by atoms with E-state index < -0.39 is 11.7 Å². The van der Waals surface area contributed by atoms with Crippen molar-refractivity contribution in [2.24, 2.45) is 5.41 Å². The second kappa shape index (κ2) is 7.64. The standard InChI is InChI=1S/C21H21F3N4O2/c1-14-6-16(9-18(7-14)30-12-20(2)10-29-11-20)26-19-25-13-28(27-19)17-5-3-4-15(8-17)21(22,23)24/h3-9,13H,10-12H2,1-2H3,(H,26,27). The van der Waals surface area contributed by atoms with Gasteiger partial charge in [-0.3, -0.25) is 0 Å². The zero-order chi connectivity index (χ0) is 21.4. The van der Waals surface area contributed by atoms with E-state index in [0.29, 0.717) is 25.6 Å². The third kappa shape index (κ3) is 4.56. The van der Waals surface area contributed by atoms with Crippen LogP contribution in [0.15, 0.2) is 48.8 Å². The maximum atomic E-state index is 12.9. The molecule has 0 bridgehead atoms. The van der Waals surface area contributed by atoms with Gasteiger partial charge in [0.2, 0.25) is 5.95 Å². The van der Waals surface area contributed by atoms with Gasteiger partial charge in [-0.25, -0.2) is 4.68 Å². The summed E-state index contributed by atoms with van der Waals surface area (Å²) >= 11 is 0. The third-order valence-corrected chi connectivity index (χ3v) is 4.73. The van der Waals surface area contributed by atoms with Crippen molar-refractivity contribution in [3.63, 3.8) is 0 Å². The Morgan fingerprint density at radius 2 is 2.00 bits per heavy atom. The molecule has 0 aliphatic carbocycles. The highest BCUT2D eigenvalue weighted by atomic mass is 19.4. The molecule has 158 valence electrons. The Kier molecular flexibility index (Phi) is 5.15. The molecule has 30 heavy (non-hydrogen) atoms. The lowest BCUT2D eigenvalue weighted by Gasteiger charge is -2.37. The predicted octanol–water partition coefficient (Wildman–Crippen LogP) is 4.75. The van der Waals surface area contributed by atoms with E-state index in [1.54, 1.807) is 0 Å². The van der Waals surface area contributed by atoms with E-state index in [-0.39, 0.29) is 17.1 Å². The van der Waals surface area contributed by atoms with Crippen LogP contribution in [0.25, 0.3) is 5.69 Å². The van der Waals surface area contributed by atoms with Gasteiger partial charge in [0.05, 0.1) is 31.1 Å². The number of alkyl halides is 3. The molecule has 1 aliphatic rings. The molecule has 0 saturated carbocycles. The topological polar surface area (TPSA) is 61.2 Å². The van der Waals surface area contributed by atoms with Crippen LogP contribution in [-0.4, -0.2) is 34.6 Å². The Balaban J connectivity index is 1.48. The quantitative estimate of drug-likeness (QED) is 0.626. The van der Waals surface area contributed by atoms with Crippen LogP contribution in [0.3, 0.4) is 0 Å². The summed E-state index contributed by atoms with van der Waals surface area (Å²) in [5.41, 5.74) is 1.28. The molecule has 6 nitrogen and oxygen atoms in total. The first kappa shape index (κ1) is 20.2. The molecule has 0 radical (unpaired) electrons. The van der Waals surface area contributed by atoms with Crippen LogP contribution in [0.1, 0.15) is 18.1 Å². The van der Waals surface area contributed by atoms with Crippen LogP contribution in [-0.2, 0) is 10.9 Å². The number of rotatable bonds is 6. The maximum Gasteiger partial charge on any atom is 0.416 e. The van der Waals surface area contributed by atoms with Gasteiger partial charge in [-0.15, -0.1) is 5.10 Å². The fourth-order valence-electron chi connectivity index (χ4n) is 3.09. The molecular weight excluding hydrogens is 397 g/mol. The smallest absolute Gasteiger partial charge is 0.416 e. The lowest BCUT2D eigenvalue weighted by atomic mass is 9.90. The third-order valence-electron chi connectivity index (χ3n) is 4.73. The van der Waals surface area contributed by atoms with Crippen molar-refractivity contribution < 1.29 is 22.6 Å². The van der Waals surface area contributed by atoms with Crippen LogP contribution in [0.2, 0.25) is 0 Å². The monoisotopic (exact) mass is 418 g/mol. The second-order valence-electron chi connectivity index (χ2n) is 7.81. The normalized spacial score (nSPS) is 15.5. The first-order chi connectivity index (χ1) is 14.2. The summed E-state index contributed by atoms with van der Waals surface area (Å²) in [6.07, 6.45) is -3.05. The van der Waals surface area contributed by atoms with Crippen molar-refractivity contribution in [3.05, 3.63) is 59.9 Å². The highest BCUT2D eigenvalue weighted by Gasteiger charge is 2.34. The molecule has 1 saturated heterocycles. The molecule has 0 spiro atoms. The number of ether oxygens (including phenoxy) is 2. The van der Waals surface area contributed by atoms with E-state index in [1.165, 1.54) is 23.1 Å². The van der Waals surface area contributed by atoms with E-state index in [1.807, 2.05) is 25.1 Å². The molecule has 3 aromatic rings. The molecular formula is C21H21F3N4O2. The van der Waals surface area contributed by atoms with E-state index >= 15 is 0 Å². The zero-order valence-electron chi connectivity index (χ0n) is 16.5. The Morgan fingerprint density at radius 1 is 1.20 bits per heavy atom. The van der Waals surface area contributed by atoms with Crippen molar-refractivity contribution in [1.82, 2.24) is 14.8 Å². The van der Waals surface area contributed by atoms with Crippen molar-refractivity contribution in [1.29, 1.82) is 0 Å². The first-order valence-electron chi connectivity index (χ1n) is 9.39. The molecule has 0 atom stereocenters. The Morgan fingerprint density at radius 3 is 2.70 bits per heavy atom. The minimum atomic E-state index is -4.42. The summed E-state index contributed by atoms with van der Waals surface area (Å²) in [5.74, 6) is 0.978. The van der Waals surface area contributed by atoms with Gasteiger partial charge in [0, 0.05) is 17.2 Å². The van der Waals surface area contributed by atoms with Gasteiger partial charge in [0.15, 0.2) is 0 Å². The molecule has 0 amide bonds. The summed E-state index contributed by atoms with van der Waals surface area (Å²) in [6, 6.07) is 10.6. The van der Waals surface area contributed by atoms with Gasteiger partial charge >= 0.3 is 6.18 Å². The van der Waals surface area contributed by atoms with Gasteiger partial charge in [0.1, 0.15) is 12.1 Å². The van der Waals surface area contributed by atoms with E-state index in [0.717, 1.165) is 23.4 Å². The molecule has 1 fully saturated rings. The summed E-state index contributed by atoms with van der Waals surface area (Å²) in [6.45, 7) is 5.97. The second-order valence-corrected chi connectivity index (χ2v) is 7.81. The minimum Gasteiger partial charge on any atom is -0.493 e. The first-order valence-corrected chi connectivity index (χ1v) is 9.39. The molecule has 1 N–H and O–H groups in total. The molecule has 2 heterocycles. The van der Waals surface area contributed by atoms with Crippen molar-refractivity contribution in [2.45, 2.75) is 20.0 Å². The lowest BCUT2D eigenvalue weighted by Crippen LogP contribution is -2.44. The van der Waals surface area contributed by atoms with Crippen molar-refractivity contribution in [2.75, 3.05) is 25.1 Å². The van der Waals surface area contributed by atoms with Crippen LogP contribution in [0.5, 0.6) is 5.75 Å². The highest BCUT2D eigenvalue weighted by Crippen LogP contribution is 2.31. The largest absolute Gasteiger partial charge is 0.493 e. The lowest BCUT2D eigenvalue weighted by molar-refractivity contribution is -0.137. The fourth-order valence-corrected chi connectivity index (χ4v) is 3.09. The zero-order valence-corrected chi connectivity index (χ0v) is 16.5. The number of nitrogens with one attached hydrogen (secondary N) is 1. The number of nitrogens with zero attached hydrogens (tertiary/aromatic N) is 3. The van der Waals surface area contributed by atoms with Gasteiger partial charge in [-0.05, 0) is 42.8 Å². The maximum absolute atomic E-state index is 12.9. The number of aryl methyl sites for hydroxylation is 1. The molecule has 2 aromatic carbocycles. The molecule has 4 rings (SSSR count). The van der Waals surface area contributed by atoms with Gasteiger partial charge in [-0.2, -0.15) is 18.2 Å². The minimum absolute atomic E-state index is 0.0304. The number of aromatic nitrogens is 3. The molecule has 0 unspecified atom stereocenters. The Hall–Kier alpha value is -3.07. The van der Waals surface area contributed by atoms with E-state index in [4.69, 9.17) is 9.47 Å². The van der Waals surface area contributed by atoms with E-state index in [2.05, 4.69) is 22.3 Å². The van der Waals surface area contributed by atoms with Gasteiger partial charge in [-0.1, -0.05) is 13.0 Å². The Labute approximate surface area is 171 Å². The Bertz CT molecular complexity index is 1040. The van der Waals surface area contributed by atoms with Gasteiger partial charge < -0.3 is 14.8 Å². The number of halogens is 3. The van der Waals surface area contributed by atoms with Crippen LogP contribution in [0.4, 0.5) is 24.8 Å². The summed E-state index contributed by atoms with van der Waals surface area (Å²) in [5, 5.41) is 7.31. The molecule has 1 aliphatic heterocycles. The summed E-state index contributed by atoms with van der Waals surface area (Å²) in [4.78, 5) is 4.15. The van der Waals surface area contributed by atoms with Crippen molar-refractivity contribution >= 4 is 11.6 Å². The SMILES string of the molecule is Cc1cc(Nc2ncn(-c3cccc(C(F)(F)F)c3)n2)cc(OCC2(C)COC2)c1. The number of anilines is 2. The molecule has 1 aromatic heterocycles. The highest BCUT2D eigenvalue weighted by molar-refractivity contribution is 5.57. The predicted molar refractivity (Wildman–Crippen MR) is 105 cm³/mol. The number of benzene rings is 2. The van der Waals surface area contributed by atoms with Crippen molar-refractivity contribution in [3.8, 4) is 11.4 Å². The summed E-state index contributed by atoms with van der Waals surface area (Å²) < 4.78 is 51.3. The number of hydrogen-bond donors (Lipinski definition) is 1. The van der Waals surface area contributed by atoms with E-state index in [9.17, 15) is 13.2 Å². The number of hydrogen-bond acceptors (Lipinski definition) is 5. The molecule has 9 heteroatoms. The fraction of sp³-hybridized carbons (Fsp3) is 0.333. The van der Waals surface area contributed by atoms with Crippen LogP contribution >= 0.6 is 0 Å². The summed E-state index contributed by atoms with van der Waals surface area (Å²) in [7, 11) is 0.